The monoisotopic (exact) mass is 321 g/mol. The number of aliphatic hydroxyl groups excluding tert-OH is 1. The van der Waals surface area contributed by atoms with E-state index in [2.05, 4.69) is 14.9 Å². The van der Waals surface area contributed by atoms with Gasteiger partial charge in [0.05, 0.1) is 22.9 Å². The number of primary amides is 1. The lowest BCUT2D eigenvalue weighted by atomic mass is 10.1. The number of thiophene rings is 1. The minimum absolute atomic E-state index is 0.246. The molecule has 0 bridgehead atoms. The summed E-state index contributed by atoms with van der Waals surface area (Å²) in [6.07, 6.45) is 1.87. The molecule has 7 nitrogen and oxygen atoms in total. The van der Waals surface area contributed by atoms with Crippen molar-refractivity contribution in [2.45, 2.75) is 32.3 Å². The van der Waals surface area contributed by atoms with Gasteiger partial charge < -0.3 is 21.5 Å². The summed E-state index contributed by atoms with van der Waals surface area (Å²) >= 11 is 1.21. The third-order valence-corrected chi connectivity index (χ3v) is 5.07. The van der Waals surface area contributed by atoms with Gasteiger partial charge in [-0.15, -0.1) is 11.3 Å². The quantitative estimate of drug-likeness (QED) is 0.773. The number of nitrogens with two attached hydrogens (primary N) is 2. The largest absolute Gasteiger partial charge is 0.397 e. The molecule has 1 aliphatic rings. The van der Waals surface area contributed by atoms with Crippen LogP contribution in [0, 0.1) is 0 Å². The molecule has 1 saturated heterocycles. The first kappa shape index (κ1) is 15.0. The number of hydrogen-bond acceptors (Lipinski definition) is 7. The highest BCUT2D eigenvalue weighted by atomic mass is 32.1. The third kappa shape index (κ3) is 2.48. The van der Waals surface area contributed by atoms with Gasteiger partial charge in [-0.3, -0.25) is 4.79 Å². The average molecular weight is 321 g/mol. The van der Waals surface area contributed by atoms with Gasteiger partial charge >= 0.3 is 0 Å². The number of piperidine rings is 1. The van der Waals surface area contributed by atoms with Crippen LogP contribution in [0.25, 0.3) is 10.2 Å². The van der Waals surface area contributed by atoms with Crippen LogP contribution in [-0.4, -0.2) is 40.2 Å². The normalized spacial score (nSPS) is 16.4. The average Bonchev–Trinajstić information content (AvgIpc) is 2.84. The number of nitrogen functional groups attached to an aromatic ring is 1. The number of nitrogens with zero attached hydrogens (tertiary/aromatic N) is 3. The molecule has 0 spiro atoms. The second kappa shape index (κ2) is 5.69. The number of rotatable bonds is 3. The van der Waals surface area contributed by atoms with Crippen LogP contribution in [0.2, 0.25) is 0 Å². The van der Waals surface area contributed by atoms with Crippen LogP contribution < -0.4 is 16.4 Å². The van der Waals surface area contributed by atoms with E-state index in [1.54, 1.807) is 0 Å². The number of carbonyl (C=O) groups is 1. The second-order valence-electron chi connectivity index (χ2n) is 5.43. The van der Waals surface area contributed by atoms with Gasteiger partial charge in [0.1, 0.15) is 9.71 Å². The number of hydrogen-bond donors (Lipinski definition) is 3. The van der Waals surface area contributed by atoms with Crippen molar-refractivity contribution in [1.82, 2.24) is 9.97 Å². The molecule has 118 valence electrons. The lowest BCUT2D eigenvalue weighted by molar-refractivity contribution is 0.100. The fraction of sp³-hybridized carbons (Fsp3) is 0.500. The van der Waals surface area contributed by atoms with Crippen molar-refractivity contribution in [2.75, 3.05) is 23.7 Å². The number of aryl methyl sites for hydroxylation is 1. The zero-order valence-corrected chi connectivity index (χ0v) is 13.2. The minimum atomic E-state index is -0.537. The van der Waals surface area contributed by atoms with Crippen molar-refractivity contribution in [3.63, 3.8) is 0 Å². The number of aliphatic hydroxyl groups is 1. The Bertz CT molecular complexity index is 722. The molecule has 0 atom stereocenters. The lowest BCUT2D eigenvalue weighted by Crippen LogP contribution is -2.37. The van der Waals surface area contributed by atoms with E-state index in [9.17, 15) is 9.90 Å². The van der Waals surface area contributed by atoms with Gasteiger partial charge in [-0.25, -0.2) is 9.97 Å². The SMILES string of the molecule is CCc1nc(N2CCC(O)CC2)nc2sc(C(N)=O)c(N)c12. The van der Waals surface area contributed by atoms with Crippen LogP contribution >= 0.6 is 11.3 Å². The molecule has 0 aromatic carbocycles. The second-order valence-corrected chi connectivity index (χ2v) is 6.43. The number of carbonyl (C=O) groups excluding carboxylic acids is 1. The first-order valence-electron chi connectivity index (χ1n) is 7.33. The van der Waals surface area contributed by atoms with Crippen molar-refractivity contribution < 1.29 is 9.90 Å². The summed E-state index contributed by atoms with van der Waals surface area (Å²) in [6.45, 7) is 3.44. The molecule has 22 heavy (non-hydrogen) atoms. The molecule has 0 radical (unpaired) electrons. The molecule has 0 unspecified atom stereocenters. The van der Waals surface area contributed by atoms with Gasteiger partial charge in [0.2, 0.25) is 5.95 Å². The number of aromatic nitrogens is 2. The molecule has 0 saturated carbocycles. The highest BCUT2D eigenvalue weighted by molar-refractivity contribution is 7.21. The Kier molecular flexibility index (Phi) is 3.88. The van der Waals surface area contributed by atoms with E-state index < -0.39 is 5.91 Å². The van der Waals surface area contributed by atoms with E-state index in [4.69, 9.17) is 11.5 Å². The Morgan fingerprint density at radius 2 is 2.09 bits per heavy atom. The molecule has 3 rings (SSSR count). The van der Waals surface area contributed by atoms with Crippen molar-refractivity contribution in [2.24, 2.45) is 5.73 Å². The van der Waals surface area contributed by atoms with Gasteiger partial charge in [-0.05, 0) is 19.3 Å². The van der Waals surface area contributed by atoms with E-state index in [0.717, 1.165) is 24.2 Å². The molecule has 2 aromatic rings. The summed E-state index contributed by atoms with van der Waals surface area (Å²) < 4.78 is 0. The molecule has 5 N–H and O–H groups in total. The van der Waals surface area contributed by atoms with Crippen LogP contribution in [0.1, 0.15) is 35.1 Å². The maximum Gasteiger partial charge on any atom is 0.260 e. The summed E-state index contributed by atoms with van der Waals surface area (Å²) in [5.74, 6) is 0.0960. The van der Waals surface area contributed by atoms with Crippen molar-refractivity contribution in [3.05, 3.63) is 10.6 Å². The topological polar surface area (TPSA) is 118 Å². The van der Waals surface area contributed by atoms with Crippen LogP contribution in [0.15, 0.2) is 0 Å². The standard InChI is InChI=1S/C14H19N5O2S/c1-2-8-9-10(15)11(12(16)21)22-13(9)18-14(17-8)19-5-3-7(20)4-6-19/h7,20H,2-6,15H2,1H3,(H2,16,21). The summed E-state index contributed by atoms with van der Waals surface area (Å²) in [6, 6.07) is 0. The van der Waals surface area contributed by atoms with Gasteiger partial charge in [-0.1, -0.05) is 6.92 Å². The van der Waals surface area contributed by atoms with Gasteiger partial charge in [0.15, 0.2) is 0 Å². The van der Waals surface area contributed by atoms with Crippen LogP contribution in [-0.2, 0) is 6.42 Å². The van der Waals surface area contributed by atoms with E-state index in [-0.39, 0.29) is 6.10 Å². The molecule has 0 aliphatic carbocycles. The molecule has 1 amide bonds. The highest BCUT2D eigenvalue weighted by Gasteiger charge is 2.23. The van der Waals surface area contributed by atoms with Crippen molar-refractivity contribution in [1.29, 1.82) is 0 Å². The number of fused-ring (bicyclic) bond motifs is 1. The Balaban J connectivity index is 2.08. The minimum Gasteiger partial charge on any atom is -0.397 e. The van der Waals surface area contributed by atoms with Gasteiger partial charge in [-0.2, -0.15) is 0 Å². The maximum atomic E-state index is 11.5. The Hall–Kier alpha value is -1.93. The van der Waals surface area contributed by atoms with Gasteiger partial charge in [0.25, 0.3) is 5.91 Å². The number of anilines is 2. The molecule has 2 aromatic heterocycles. The molecule has 1 aliphatic heterocycles. The fourth-order valence-corrected chi connectivity index (χ4v) is 3.69. The molecular formula is C14H19N5O2S. The fourth-order valence-electron chi connectivity index (χ4n) is 2.73. The van der Waals surface area contributed by atoms with Gasteiger partial charge in [0, 0.05) is 13.1 Å². The zero-order valence-electron chi connectivity index (χ0n) is 12.4. The molecule has 8 heteroatoms. The summed E-state index contributed by atoms with van der Waals surface area (Å²) in [5.41, 5.74) is 12.6. The van der Waals surface area contributed by atoms with Crippen LogP contribution in [0.3, 0.4) is 0 Å². The third-order valence-electron chi connectivity index (χ3n) is 3.96. The first-order chi connectivity index (χ1) is 10.5. The van der Waals surface area contributed by atoms with E-state index >= 15 is 0 Å². The van der Waals surface area contributed by atoms with Crippen molar-refractivity contribution >= 4 is 39.1 Å². The Labute approximate surface area is 132 Å². The first-order valence-corrected chi connectivity index (χ1v) is 8.14. The summed E-state index contributed by atoms with van der Waals surface area (Å²) in [5, 5.41) is 10.4. The van der Waals surface area contributed by atoms with Crippen molar-refractivity contribution in [3.8, 4) is 0 Å². The lowest BCUT2D eigenvalue weighted by Gasteiger charge is -2.29. The Morgan fingerprint density at radius 1 is 1.41 bits per heavy atom. The molecular weight excluding hydrogens is 302 g/mol. The van der Waals surface area contributed by atoms with E-state index in [1.807, 2.05) is 6.92 Å². The van der Waals surface area contributed by atoms with Crippen LogP contribution in [0.4, 0.5) is 11.6 Å². The Morgan fingerprint density at radius 3 is 2.68 bits per heavy atom. The van der Waals surface area contributed by atoms with Crippen LogP contribution in [0.5, 0.6) is 0 Å². The molecule has 1 fully saturated rings. The molecule has 3 heterocycles. The van der Waals surface area contributed by atoms with E-state index in [0.29, 0.717) is 40.6 Å². The van der Waals surface area contributed by atoms with E-state index in [1.165, 1.54) is 11.3 Å². The smallest absolute Gasteiger partial charge is 0.260 e. The summed E-state index contributed by atoms with van der Waals surface area (Å²) in [4.78, 5) is 23.7. The summed E-state index contributed by atoms with van der Waals surface area (Å²) in [7, 11) is 0. The maximum absolute atomic E-state index is 11.5. The number of amides is 1. The zero-order chi connectivity index (χ0) is 15.9. The highest BCUT2D eigenvalue weighted by Crippen LogP contribution is 2.35. The predicted octanol–water partition coefficient (Wildman–Crippen LogP) is 0.896. The predicted molar refractivity (Wildman–Crippen MR) is 87.2 cm³/mol.